The number of hydrogen-bond donors (Lipinski definition) is 4. The molecular weight excluding hydrogens is 576 g/mol. The van der Waals surface area contributed by atoms with Crippen molar-refractivity contribution in [3.8, 4) is 16.5 Å². The first-order chi connectivity index (χ1) is 20.2. The molecule has 42 heavy (non-hydrogen) atoms. The van der Waals surface area contributed by atoms with Gasteiger partial charge < -0.3 is 25.0 Å². The average molecular weight is 613 g/mol. The first-order valence-corrected chi connectivity index (χ1v) is 16.3. The van der Waals surface area contributed by atoms with E-state index in [2.05, 4.69) is 45.3 Å². The molecule has 2 saturated heterocycles. The fourth-order valence-electron chi connectivity index (χ4n) is 5.15. The van der Waals surface area contributed by atoms with Crippen LogP contribution in [0.2, 0.25) is 0 Å². The molecule has 0 amide bonds. The zero-order chi connectivity index (χ0) is 29.7. The number of thiophene rings is 1. The number of rotatable bonds is 10. The summed E-state index contributed by atoms with van der Waals surface area (Å²) in [5.74, 6) is 0. The van der Waals surface area contributed by atoms with Crippen LogP contribution in [-0.2, 0) is 19.5 Å². The Morgan fingerprint density at radius 1 is 1.10 bits per heavy atom. The number of aliphatic hydroxyl groups is 2. The van der Waals surface area contributed by atoms with E-state index in [0.29, 0.717) is 10.5 Å². The van der Waals surface area contributed by atoms with Crippen LogP contribution in [0, 0.1) is 11.3 Å². The van der Waals surface area contributed by atoms with Crippen LogP contribution >= 0.6 is 11.3 Å². The molecule has 224 valence electrons. The van der Waals surface area contributed by atoms with Crippen LogP contribution in [-0.4, -0.2) is 94.4 Å². The van der Waals surface area contributed by atoms with E-state index in [0.717, 1.165) is 66.3 Å². The Morgan fingerprint density at radius 3 is 2.64 bits per heavy atom. The highest BCUT2D eigenvalue weighted by Gasteiger charge is 2.33. The maximum absolute atomic E-state index is 13.0. The molecule has 0 unspecified atom stereocenters. The number of anilines is 1. The Kier molecular flexibility index (Phi) is 9.92. The molecule has 3 aromatic rings. The van der Waals surface area contributed by atoms with Gasteiger partial charge in [-0.05, 0) is 65.6 Å². The fraction of sp³-hybridized carbons (Fsp3) is 0.433. The monoisotopic (exact) mass is 612 g/mol. The van der Waals surface area contributed by atoms with Gasteiger partial charge in [0.05, 0.1) is 25.4 Å². The topological polar surface area (TPSA) is 144 Å². The Morgan fingerprint density at radius 2 is 1.86 bits per heavy atom. The number of allylic oxidation sites excluding steroid dienone is 2. The summed E-state index contributed by atoms with van der Waals surface area (Å²) in [6.07, 6.45) is -2.81. The molecule has 4 N–H and O–H groups in total. The minimum Gasteiger partial charge on any atom is -0.390 e. The predicted octanol–water partition coefficient (Wildman–Crippen LogP) is 3.00. The quantitative estimate of drug-likeness (QED) is 0.254. The molecule has 2 aromatic carbocycles. The molecular formula is C30H36N4O6S2. The second kappa shape index (κ2) is 13.6. The molecule has 3 heterocycles. The standard InChI is InChI=1S/C30H36N4O6S2/c1-20(29(18-31)42(37,38)33-19-26-30(36)25(35)8-13-40-26)27-6-7-28(41-27)23-3-2-22-17-24(5-4-21(22)16-23)32-9-10-34-11-14-39-15-12-34/h2-7,16-17,25-26,30,32-33,35-36H,8-15,19H2,1H3/b29-20+/t25-,26-,30+/m1/s1. The van der Waals surface area contributed by atoms with Crippen molar-refractivity contribution in [3.05, 3.63) is 58.3 Å². The molecule has 12 heteroatoms. The summed E-state index contributed by atoms with van der Waals surface area (Å²) >= 11 is 1.41. The number of benzene rings is 2. The van der Waals surface area contributed by atoms with Crippen LogP contribution in [0.5, 0.6) is 0 Å². The molecule has 0 saturated carbocycles. The number of sulfonamides is 1. The summed E-state index contributed by atoms with van der Waals surface area (Å²) in [6, 6.07) is 18.1. The van der Waals surface area contributed by atoms with Crippen LogP contribution in [0.3, 0.4) is 0 Å². The lowest BCUT2D eigenvalue weighted by molar-refractivity contribution is -0.131. The molecule has 0 spiro atoms. The van der Waals surface area contributed by atoms with Gasteiger partial charge in [0.2, 0.25) is 0 Å². The van der Waals surface area contributed by atoms with Gasteiger partial charge in [-0.3, -0.25) is 4.90 Å². The first-order valence-electron chi connectivity index (χ1n) is 14.0. The molecule has 1 aromatic heterocycles. The number of nitriles is 1. The highest BCUT2D eigenvalue weighted by molar-refractivity contribution is 7.93. The van der Waals surface area contributed by atoms with Gasteiger partial charge in [0, 0.05) is 54.8 Å². The maximum atomic E-state index is 13.0. The van der Waals surface area contributed by atoms with Crippen LogP contribution in [0.1, 0.15) is 18.2 Å². The number of nitrogens with zero attached hydrogens (tertiary/aromatic N) is 2. The number of nitrogens with one attached hydrogen (secondary N) is 2. The van der Waals surface area contributed by atoms with Crippen molar-refractivity contribution >= 4 is 43.4 Å². The number of ether oxygens (including phenoxy) is 2. The Bertz CT molecular complexity index is 1580. The smallest absolute Gasteiger partial charge is 0.251 e. The van der Waals surface area contributed by atoms with Crippen molar-refractivity contribution in [1.29, 1.82) is 5.26 Å². The summed E-state index contributed by atoms with van der Waals surface area (Å²) in [4.78, 5) is 3.62. The van der Waals surface area contributed by atoms with Crippen molar-refractivity contribution in [1.82, 2.24) is 9.62 Å². The fourth-order valence-corrected chi connectivity index (χ4v) is 7.38. The Balaban J connectivity index is 1.26. The predicted molar refractivity (Wildman–Crippen MR) is 165 cm³/mol. The normalized spacial score (nSPS) is 22.5. The lowest BCUT2D eigenvalue weighted by Crippen LogP contribution is -2.49. The van der Waals surface area contributed by atoms with Crippen LogP contribution in [0.25, 0.3) is 26.8 Å². The van der Waals surface area contributed by atoms with Gasteiger partial charge in [0.25, 0.3) is 10.0 Å². The van der Waals surface area contributed by atoms with E-state index < -0.39 is 33.2 Å². The summed E-state index contributed by atoms with van der Waals surface area (Å²) in [5.41, 5.74) is 2.41. The zero-order valence-electron chi connectivity index (χ0n) is 23.5. The number of aliphatic hydroxyl groups excluding tert-OH is 2. The lowest BCUT2D eigenvalue weighted by atomic mass is 10.0. The minimum absolute atomic E-state index is 0.213. The second-order valence-electron chi connectivity index (χ2n) is 10.5. The third-order valence-electron chi connectivity index (χ3n) is 7.67. The Hall–Kier alpha value is -2.86. The van der Waals surface area contributed by atoms with Gasteiger partial charge in [-0.2, -0.15) is 5.26 Å². The van der Waals surface area contributed by atoms with Gasteiger partial charge in [-0.15, -0.1) is 11.3 Å². The van der Waals surface area contributed by atoms with Crippen LogP contribution in [0.15, 0.2) is 53.4 Å². The molecule has 3 atom stereocenters. The summed E-state index contributed by atoms with van der Waals surface area (Å²) in [6.45, 7) is 6.94. The van der Waals surface area contributed by atoms with Gasteiger partial charge in [0.1, 0.15) is 12.2 Å². The number of morpholine rings is 1. The molecule has 0 aliphatic carbocycles. The van der Waals surface area contributed by atoms with Crippen molar-refractivity contribution in [3.63, 3.8) is 0 Å². The van der Waals surface area contributed by atoms with Crippen LogP contribution in [0.4, 0.5) is 5.69 Å². The molecule has 5 rings (SSSR count). The van der Waals surface area contributed by atoms with Crippen LogP contribution < -0.4 is 10.0 Å². The first kappa shape index (κ1) is 30.6. The maximum Gasteiger partial charge on any atom is 0.251 e. The van der Waals surface area contributed by atoms with E-state index >= 15 is 0 Å². The van der Waals surface area contributed by atoms with Gasteiger partial charge >= 0.3 is 0 Å². The Labute approximate surface area is 250 Å². The summed E-state index contributed by atoms with van der Waals surface area (Å²) in [5, 5.41) is 35.4. The highest BCUT2D eigenvalue weighted by atomic mass is 32.2. The van der Waals surface area contributed by atoms with E-state index in [1.165, 1.54) is 11.3 Å². The summed E-state index contributed by atoms with van der Waals surface area (Å²) in [7, 11) is -4.17. The van der Waals surface area contributed by atoms with Crippen molar-refractivity contribution in [2.45, 2.75) is 31.7 Å². The lowest BCUT2D eigenvalue weighted by Gasteiger charge is -2.31. The van der Waals surface area contributed by atoms with Crippen molar-refractivity contribution in [2.24, 2.45) is 0 Å². The highest BCUT2D eigenvalue weighted by Crippen LogP contribution is 2.35. The molecule has 0 radical (unpaired) electrons. The second-order valence-corrected chi connectivity index (χ2v) is 13.3. The molecule has 2 aliphatic heterocycles. The number of hydrogen-bond acceptors (Lipinski definition) is 10. The largest absolute Gasteiger partial charge is 0.390 e. The minimum atomic E-state index is -4.17. The number of fused-ring (bicyclic) bond motifs is 1. The average Bonchev–Trinajstić information content (AvgIpc) is 3.49. The van der Waals surface area contributed by atoms with E-state index in [1.807, 2.05) is 24.3 Å². The van der Waals surface area contributed by atoms with Crippen molar-refractivity contribution < 1.29 is 28.1 Å². The third-order valence-corrected chi connectivity index (χ3v) is 10.4. The zero-order valence-corrected chi connectivity index (χ0v) is 25.1. The van der Waals surface area contributed by atoms with Crippen molar-refractivity contribution in [2.75, 3.05) is 57.9 Å². The molecule has 10 nitrogen and oxygen atoms in total. The van der Waals surface area contributed by atoms with Gasteiger partial charge in [-0.1, -0.05) is 18.2 Å². The SMILES string of the molecule is C/C(=C(/C#N)S(=O)(=O)NC[C@H]1OCC[C@@H](O)[C@@H]1O)c1ccc(-c2ccc3cc(NCCN4CCOCC4)ccc3c2)s1. The molecule has 2 fully saturated rings. The molecule has 2 aliphatic rings. The van der Waals surface area contributed by atoms with E-state index in [4.69, 9.17) is 9.47 Å². The molecule has 0 bridgehead atoms. The van der Waals surface area contributed by atoms with Gasteiger partial charge in [-0.25, -0.2) is 13.1 Å². The van der Waals surface area contributed by atoms with Gasteiger partial charge in [0.15, 0.2) is 4.91 Å². The van der Waals surface area contributed by atoms with E-state index in [9.17, 15) is 23.9 Å². The summed E-state index contributed by atoms with van der Waals surface area (Å²) < 4.78 is 39.2. The van der Waals surface area contributed by atoms with E-state index in [-0.39, 0.29) is 19.6 Å². The third kappa shape index (κ3) is 7.19. The van der Waals surface area contributed by atoms with E-state index in [1.54, 1.807) is 6.92 Å².